The molecule has 0 saturated carbocycles. The average molecular weight is 447 g/mol. The molecular formula is C17H20Br2O2P+. The van der Waals surface area contributed by atoms with Gasteiger partial charge in [-0.05, 0) is 30.7 Å². The van der Waals surface area contributed by atoms with Gasteiger partial charge in [-0.15, -0.1) is 0 Å². The van der Waals surface area contributed by atoms with Gasteiger partial charge in [0, 0.05) is 34.7 Å². The highest BCUT2D eigenvalue weighted by Gasteiger charge is 2.53. The third kappa shape index (κ3) is 3.63. The fourth-order valence-corrected chi connectivity index (χ4v) is 7.70. The van der Waals surface area contributed by atoms with Gasteiger partial charge in [0.15, 0.2) is 5.85 Å². The third-order valence-electron chi connectivity index (χ3n) is 4.20. The molecule has 0 radical (unpaired) electrons. The minimum atomic E-state index is -1.94. The Balaban J connectivity index is 0.000000847. The number of hydrogen-bond acceptors (Lipinski definition) is 2. The van der Waals surface area contributed by atoms with Crippen molar-refractivity contribution in [3.63, 3.8) is 0 Å². The Kier molecular flexibility index (Phi) is 7.04. The minimum Gasteiger partial charge on any atom is -0.389 e. The molecule has 2 aromatic rings. The van der Waals surface area contributed by atoms with E-state index >= 15 is 0 Å². The Labute approximate surface area is 147 Å². The van der Waals surface area contributed by atoms with Gasteiger partial charge in [0.1, 0.15) is 17.9 Å². The zero-order valence-electron chi connectivity index (χ0n) is 12.1. The fraction of sp³-hybridized carbons (Fsp3) is 0.294. The van der Waals surface area contributed by atoms with Crippen molar-refractivity contribution in [2.24, 2.45) is 0 Å². The summed E-state index contributed by atoms with van der Waals surface area (Å²) in [5, 5.41) is 23.4. The Morgan fingerprint density at radius 1 is 0.773 bits per heavy atom. The summed E-state index contributed by atoms with van der Waals surface area (Å²) >= 11 is 5.50. The van der Waals surface area contributed by atoms with Crippen molar-refractivity contribution < 1.29 is 10.2 Å². The van der Waals surface area contributed by atoms with Gasteiger partial charge >= 0.3 is 0 Å². The number of aliphatic hydroxyl groups excluding tert-OH is 2. The monoisotopic (exact) mass is 445 g/mol. The highest BCUT2D eigenvalue weighted by Crippen LogP contribution is 2.63. The van der Waals surface area contributed by atoms with E-state index in [1.165, 1.54) is 10.6 Å². The maximum absolute atomic E-state index is 10.8. The molecule has 0 amide bonds. The first kappa shape index (κ1) is 18.1. The zero-order chi connectivity index (χ0) is 16.0. The molecule has 2 atom stereocenters. The maximum atomic E-state index is 10.8. The maximum Gasteiger partial charge on any atom is 0.173 e. The second-order valence-corrected chi connectivity index (χ2v) is 9.17. The van der Waals surface area contributed by atoms with Crippen LogP contribution < -0.4 is 10.6 Å². The SMILES string of the molecule is BrBr.OC1CCC(O)[P+](c2ccccc2)(c2ccccc2)C1. The molecular weight excluding hydrogens is 427 g/mol. The molecule has 2 N–H and O–H groups in total. The molecule has 1 saturated heterocycles. The van der Waals surface area contributed by atoms with Crippen LogP contribution >= 0.6 is 35.5 Å². The number of hydrogen-bond donors (Lipinski definition) is 2. The molecule has 3 rings (SSSR count). The van der Waals surface area contributed by atoms with Gasteiger partial charge in [-0.3, -0.25) is 0 Å². The topological polar surface area (TPSA) is 40.5 Å². The van der Waals surface area contributed by atoms with Crippen LogP contribution in [-0.2, 0) is 0 Å². The highest BCUT2D eigenvalue weighted by atomic mass is 80.9. The Morgan fingerprint density at radius 2 is 1.23 bits per heavy atom. The standard InChI is InChI=1S/C17H20O2P.Br2/c18-14-11-12-17(19)20(13-14,15-7-3-1-4-8-15)16-9-5-2-6-10-16;1-2/h1-10,14,17-19H,11-13H2;/q+1;. The number of rotatable bonds is 2. The molecule has 5 heteroatoms. The molecule has 1 aliphatic heterocycles. The Hall–Kier alpha value is -0.250. The lowest BCUT2D eigenvalue weighted by Crippen LogP contribution is -2.41. The van der Waals surface area contributed by atoms with Crippen LogP contribution in [-0.4, -0.2) is 28.3 Å². The number of benzene rings is 2. The van der Waals surface area contributed by atoms with Crippen molar-refractivity contribution >= 4 is 46.1 Å². The lowest BCUT2D eigenvalue weighted by molar-refractivity contribution is 0.145. The molecule has 22 heavy (non-hydrogen) atoms. The van der Waals surface area contributed by atoms with Gasteiger partial charge in [-0.1, -0.05) is 36.4 Å². The fourth-order valence-electron chi connectivity index (χ4n) is 3.20. The van der Waals surface area contributed by atoms with Gasteiger partial charge in [0.25, 0.3) is 0 Å². The van der Waals surface area contributed by atoms with E-state index in [9.17, 15) is 10.2 Å². The molecule has 2 nitrogen and oxygen atoms in total. The molecule has 1 aliphatic rings. The summed E-state index contributed by atoms with van der Waals surface area (Å²) < 4.78 is 0. The van der Waals surface area contributed by atoms with Crippen LogP contribution in [0.4, 0.5) is 0 Å². The largest absolute Gasteiger partial charge is 0.389 e. The van der Waals surface area contributed by atoms with E-state index in [1.807, 2.05) is 36.4 Å². The number of aliphatic hydroxyl groups is 2. The van der Waals surface area contributed by atoms with Gasteiger partial charge in [-0.25, -0.2) is 0 Å². The van der Waals surface area contributed by atoms with Crippen LogP contribution in [0.2, 0.25) is 0 Å². The van der Waals surface area contributed by atoms with Crippen molar-refractivity contribution in [2.45, 2.75) is 24.8 Å². The summed E-state index contributed by atoms with van der Waals surface area (Å²) in [6.07, 6.45) is 1.75. The normalized spacial score (nSPS) is 23.3. The van der Waals surface area contributed by atoms with E-state index in [2.05, 4.69) is 52.5 Å². The first-order chi connectivity index (χ1) is 10.7. The third-order valence-corrected chi connectivity index (χ3v) is 8.91. The highest BCUT2D eigenvalue weighted by molar-refractivity contribution is 9.93. The molecule has 2 unspecified atom stereocenters. The van der Waals surface area contributed by atoms with E-state index < -0.39 is 7.26 Å². The summed E-state index contributed by atoms with van der Waals surface area (Å²) in [5.74, 6) is -0.351. The van der Waals surface area contributed by atoms with E-state index in [0.29, 0.717) is 19.0 Å². The summed E-state index contributed by atoms with van der Waals surface area (Å²) in [4.78, 5) is 0. The smallest absolute Gasteiger partial charge is 0.173 e. The molecule has 0 bridgehead atoms. The lowest BCUT2D eigenvalue weighted by atomic mass is 10.2. The summed E-state index contributed by atoms with van der Waals surface area (Å²) in [6.45, 7) is 0. The van der Waals surface area contributed by atoms with Gasteiger partial charge in [-0.2, -0.15) is 0 Å². The molecule has 1 heterocycles. The van der Waals surface area contributed by atoms with Crippen LogP contribution in [0, 0.1) is 0 Å². The van der Waals surface area contributed by atoms with Crippen LogP contribution in [0.1, 0.15) is 12.8 Å². The van der Waals surface area contributed by atoms with E-state index in [-0.39, 0.29) is 11.9 Å². The molecule has 0 aliphatic carbocycles. The summed E-state index contributed by atoms with van der Waals surface area (Å²) in [6, 6.07) is 20.5. The predicted molar refractivity (Wildman–Crippen MR) is 103 cm³/mol. The van der Waals surface area contributed by atoms with Gasteiger partial charge in [0.05, 0.1) is 12.3 Å². The summed E-state index contributed by atoms with van der Waals surface area (Å²) in [7, 11) is -1.94. The lowest BCUT2D eigenvalue weighted by Gasteiger charge is -2.37. The van der Waals surface area contributed by atoms with Crippen molar-refractivity contribution in [1.82, 2.24) is 0 Å². The van der Waals surface area contributed by atoms with E-state index in [4.69, 9.17) is 0 Å². The average Bonchev–Trinajstić information content (AvgIpc) is 2.60. The molecule has 0 aromatic heterocycles. The molecule has 2 aromatic carbocycles. The van der Waals surface area contributed by atoms with Crippen molar-refractivity contribution in [3.8, 4) is 0 Å². The van der Waals surface area contributed by atoms with Crippen LogP contribution in [0.5, 0.6) is 0 Å². The van der Waals surface area contributed by atoms with Gasteiger partial charge < -0.3 is 10.2 Å². The summed E-state index contributed by atoms with van der Waals surface area (Å²) in [5.41, 5.74) is 0. The molecule has 0 spiro atoms. The van der Waals surface area contributed by atoms with Crippen molar-refractivity contribution in [3.05, 3.63) is 60.7 Å². The van der Waals surface area contributed by atoms with Crippen molar-refractivity contribution in [2.75, 3.05) is 6.16 Å². The van der Waals surface area contributed by atoms with E-state index in [0.717, 1.165) is 0 Å². The van der Waals surface area contributed by atoms with Crippen LogP contribution in [0.3, 0.4) is 0 Å². The number of halogens is 2. The Bertz CT molecular complexity index is 526. The van der Waals surface area contributed by atoms with Crippen LogP contribution in [0.25, 0.3) is 0 Å². The minimum absolute atomic E-state index is 0.313. The van der Waals surface area contributed by atoms with Crippen LogP contribution in [0.15, 0.2) is 60.7 Å². The first-order valence-electron chi connectivity index (χ1n) is 7.23. The van der Waals surface area contributed by atoms with E-state index in [1.54, 1.807) is 0 Å². The second kappa shape index (κ2) is 8.56. The Morgan fingerprint density at radius 3 is 1.68 bits per heavy atom. The predicted octanol–water partition coefficient (Wildman–Crippen LogP) is 3.82. The zero-order valence-corrected chi connectivity index (χ0v) is 16.2. The molecule has 118 valence electrons. The second-order valence-electron chi connectivity index (χ2n) is 5.43. The quantitative estimate of drug-likeness (QED) is 0.688. The van der Waals surface area contributed by atoms with Crippen molar-refractivity contribution in [1.29, 1.82) is 0 Å². The van der Waals surface area contributed by atoms with Gasteiger partial charge in [0.2, 0.25) is 0 Å². The molecule has 1 fully saturated rings. The first-order valence-corrected chi connectivity index (χ1v) is 13.0.